The Morgan fingerprint density at radius 1 is 1.29 bits per heavy atom. The van der Waals surface area contributed by atoms with Crippen LogP contribution < -0.4 is 5.32 Å². The number of esters is 1. The zero-order chi connectivity index (χ0) is 21.1. The maximum atomic E-state index is 12.1. The average molecular weight is 412 g/mol. The molecular weight excluding hydrogens is 388 g/mol. The number of nitrogens with zero attached hydrogens (tertiary/aromatic N) is 1. The number of nitrogens with one attached hydrogen (secondary N) is 1. The summed E-state index contributed by atoms with van der Waals surface area (Å²) in [6, 6.07) is 2.95. The number of hydrogen-bond acceptors (Lipinski definition) is 7. The summed E-state index contributed by atoms with van der Waals surface area (Å²) in [4.78, 5) is 33.9. The normalized spacial score (nSPS) is 22.3. The van der Waals surface area contributed by atoms with Gasteiger partial charge in [0.05, 0.1) is 10.5 Å². The quantitative estimate of drug-likeness (QED) is 0.430. The van der Waals surface area contributed by atoms with Gasteiger partial charge in [0.1, 0.15) is 4.90 Å². The Bertz CT molecular complexity index is 882. The summed E-state index contributed by atoms with van der Waals surface area (Å²) >= 11 is 0. The maximum absolute atomic E-state index is 12.1. The van der Waals surface area contributed by atoms with E-state index >= 15 is 0 Å². The Labute approximate surface area is 163 Å². The first-order valence-electron chi connectivity index (χ1n) is 8.95. The van der Waals surface area contributed by atoms with Gasteiger partial charge in [0.25, 0.3) is 11.6 Å². The van der Waals surface area contributed by atoms with Crippen molar-refractivity contribution in [2.24, 2.45) is 11.8 Å². The van der Waals surface area contributed by atoms with Crippen LogP contribution in [0, 0.1) is 22.0 Å². The minimum absolute atomic E-state index is 0.0186. The molecule has 0 saturated heterocycles. The summed E-state index contributed by atoms with van der Waals surface area (Å²) in [5.41, 5.74) is -0.919. The minimum atomic E-state index is -3.83. The number of hydrogen-bond donors (Lipinski definition) is 1. The minimum Gasteiger partial charge on any atom is -0.452 e. The Hall–Kier alpha value is -2.49. The Morgan fingerprint density at radius 2 is 1.96 bits per heavy atom. The van der Waals surface area contributed by atoms with Gasteiger partial charge in [-0.2, -0.15) is 0 Å². The second-order valence-corrected chi connectivity index (χ2v) is 9.21. The number of nitro groups is 1. The van der Waals surface area contributed by atoms with Crippen LogP contribution in [0.25, 0.3) is 0 Å². The van der Waals surface area contributed by atoms with Crippen LogP contribution in [-0.4, -0.2) is 44.1 Å². The third-order valence-corrected chi connectivity index (χ3v) is 6.32. The number of rotatable bonds is 6. The lowest BCUT2D eigenvalue weighted by Gasteiger charge is -2.34. The first-order valence-corrected chi connectivity index (χ1v) is 10.8. The number of carbonyl (C=O) groups excluding carboxylic acids is 2. The molecule has 1 aliphatic carbocycles. The van der Waals surface area contributed by atoms with Crippen LogP contribution in [0.2, 0.25) is 0 Å². The predicted octanol–water partition coefficient (Wildman–Crippen LogP) is 2.10. The molecule has 154 valence electrons. The number of sulfone groups is 1. The van der Waals surface area contributed by atoms with Crippen molar-refractivity contribution in [2.75, 3.05) is 12.9 Å². The molecule has 2 rings (SSSR count). The van der Waals surface area contributed by atoms with Gasteiger partial charge in [-0.05, 0) is 30.4 Å². The molecule has 9 nitrogen and oxygen atoms in total. The first-order chi connectivity index (χ1) is 13.0. The Balaban J connectivity index is 2.02. The highest BCUT2D eigenvalue weighted by Gasteiger charge is 2.29. The summed E-state index contributed by atoms with van der Waals surface area (Å²) < 4.78 is 28.2. The van der Waals surface area contributed by atoms with Gasteiger partial charge in [-0.1, -0.05) is 26.7 Å². The molecule has 1 saturated carbocycles. The fourth-order valence-corrected chi connectivity index (χ4v) is 4.18. The molecule has 0 aromatic heterocycles. The van der Waals surface area contributed by atoms with Crippen LogP contribution in [0.15, 0.2) is 23.1 Å². The molecule has 10 heteroatoms. The van der Waals surface area contributed by atoms with Crippen molar-refractivity contribution in [3.63, 3.8) is 0 Å². The molecule has 1 N–H and O–H groups in total. The van der Waals surface area contributed by atoms with Crippen molar-refractivity contribution in [1.29, 1.82) is 0 Å². The predicted molar refractivity (Wildman–Crippen MR) is 101 cm³/mol. The number of amides is 1. The molecule has 1 fully saturated rings. The summed E-state index contributed by atoms with van der Waals surface area (Å²) in [6.07, 6.45) is 3.84. The molecule has 0 aliphatic heterocycles. The molecule has 0 unspecified atom stereocenters. The highest BCUT2D eigenvalue weighted by atomic mass is 32.2. The number of ether oxygens (including phenoxy) is 1. The highest BCUT2D eigenvalue weighted by Crippen LogP contribution is 2.29. The average Bonchev–Trinajstić information content (AvgIpc) is 2.62. The topological polar surface area (TPSA) is 133 Å². The zero-order valence-electron chi connectivity index (χ0n) is 16.0. The molecule has 3 atom stereocenters. The van der Waals surface area contributed by atoms with E-state index in [1.165, 1.54) is 0 Å². The number of nitro benzene ring substituents is 1. The van der Waals surface area contributed by atoms with Crippen LogP contribution >= 0.6 is 0 Å². The maximum Gasteiger partial charge on any atom is 0.338 e. The second kappa shape index (κ2) is 8.68. The molecule has 1 aliphatic rings. The number of carbonyl (C=O) groups is 2. The summed E-state index contributed by atoms with van der Waals surface area (Å²) in [7, 11) is -3.83. The fraction of sp³-hybridized carbons (Fsp3) is 0.556. The molecule has 1 aromatic rings. The molecule has 1 amide bonds. The third kappa shape index (κ3) is 5.28. The van der Waals surface area contributed by atoms with Crippen LogP contribution in [-0.2, 0) is 19.4 Å². The first kappa shape index (κ1) is 21.8. The van der Waals surface area contributed by atoms with Gasteiger partial charge in [0, 0.05) is 18.4 Å². The molecule has 1 aromatic carbocycles. The van der Waals surface area contributed by atoms with Crippen LogP contribution in [0.1, 0.15) is 43.5 Å². The SMILES string of the molecule is C[C@@H]1[C@@H](C)CCC[C@H]1NC(=O)COC(=O)c1ccc(S(C)(=O)=O)c([N+](=O)[O-])c1. The van der Waals surface area contributed by atoms with Gasteiger partial charge in [-0.3, -0.25) is 14.9 Å². The van der Waals surface area contributed by atoms with Crippen molar-refractivity contribution in [1.82, 2.24) is 5.32 Å². The standard InChI is InChI=1S/C18H24N2O7S/c1-11-5-4-6-14(12(11)2)19-17(21)10-27-18(22)13-7-8-16(28(3,25)26)15(9-13)20(23)24/h7-9,11-12,14H,4-6,10H2,1-3H3,(H,19,21)/t11-,12+,14+/m0/s1. The van der Waals surface area contributed by atoms with E-state index < -0.39 is 43.8 Å². The van der Waals surface area contributed by atoms with E-state index in [9.17, 15) is 28.1 Å². The van der Waals surface area contributed by atoms with Gasteiger partial charge in [0.15, 0.2) is 16.4 Å². The molecular formula is C18H24N2O7S. The van der Waals surface area contributed by atoms with E-state index in [-0.39, 0.29) is 11.6 Å². The molecule has 0 bridgehead atoms. The third-order valence-electron chi connectivity index (χ3n) is 5.18. The lowest BCUT2D eigenvalue weighted by atomic mass is 9.78. The number of benzene rings is 1. The van der Waals surface area contributed by atoms with Crippen molar-refractivity contribution >= 4 is 27.4 Å². The Kier molecular flexibility index (Phi) is 6.76. The smallest absolute Gasteiger partial charge is 0.338 e. The fourth-order valence-electron chi connectivity index (χ4n) is 3.35. The van der Waals surface area contributed by atoms with Gasteiger partial charge >= 0.3 is 5.97 Å². The van der Waals surface area contributed by atoms with Gasteiger partial charge in [-0.15, -0.1) is 0 Å². The van der Waals surface area contributed by atoms with E-state index in [0.29, 0.717) is 11.8 Å². The van der Waals surface area contributed by atoms with Crippen molar-refractivity contribution < 1.29 is 27.7 Å². The lowest BCUT2D eigenvalue weighted by Crippen LogP contribution is -2.45. The van der Waals surface area contributed by atoms with Crippen molar-refractivity contribution in [3.05, 3.63) is 33.9 Å². The van der Waals surface area contributed by atoms with Gasteiger partial charge < -0.3 is 10.1 Å². The van der Waals surface area contributed by atoms with E-state index in [1.807, 2.05) is 0 Å². The van der Waals surface area contributed by atoms with Crippen LogP contribution in [0.3, 0.4) is 0 Å². The van der Waals surface area contributed by atoms with Crippen LogP contribution in [0.5, 0.6) is 0 Å². The molecule has 0 radical (unpaired) electrons. The van der Waals surface area contributed by atoms with E-state index in [1.54, 1.807) is 0 Å². The summed E-state index contributed by atoms with van der Waals surface area (Å²) in [5, 5.41) is 14.0. The largest absolute Gasteiger partial charge is 0.452 e. The summed E-state index contributed by atoms with van der Waals surface area (Å²) in [5.74, 6) is -0.569. The lowest BCUT2D eigenvalue weighted by molar-refractivity contribution is -0.387. The zero-order valence-corrected chi connectivity index (χ0v) is 16.8. The highest BCUT2D eigenvalue weighted by molar-refractivity contribution is 7.90. The van der Waals surface area contributed by atoms with E-state index in [2.05, 4.69) is 19.2 Å². The van der Waals surface area contributed by atoms with Crippen LogP contribution in [0.4, 0.5) is 5.69 Å². The van der Waals surface area contributed by atoms with Crippen molar-refractivity contribution in [2.45, 2.75) is 44.0 Å². The van der Waals surface area contributed by atoms with E-state index in [0.717, 1.165) is 43.7 Å². The molecule has 28 heavy (non-hydrogen) atoms. The Morgan fingerprint density at radius 3 is 2.57 bits per heavy atom. The summed E-state index contributed by atoms with van der Waals surface area (Å²) in [6.45, 7) is 3.69. The van der Waals surface area contributed by atoms with Crippen molar-refractivity contribution in [3.8, 4) is 0 Å². The van der Waals surface area contributed by atoms with E-state index in [4.69, 9.17) is 4.74 Å². The molecule has 0 spiro atoms. The second-order valence-electron chi connectivity index (χ2n) is 7.23. The van der Waals surface area contributed by atoms with Gasteiger partial charge in [0.2, 0.25) is 0 Å². The van der Waals surface area contributed by atoms with Gasteiger partial charge in [-0.25, -0.2) is 13.2 Å². The molecule has 0 heterocycles. The monoisotopic (exact) mass is 412 g/mol.